The zero-order valence-electron chi connectivity index (χ0n) is 15.1. The van der Waals surface area contributed by atoms with E-state index in [4.69, 9.17) is 4.74 Å². The number of aromatic nitrogens is 2. The first kappa shape index (κ1) is 19.9. The van der Waals surface area contributed by atoms with E-state index in [9.17, 15) is 13.2 Å². The van der Waals surface area contributed by atoms with Crippen molar-refractivity contribution in [2.45, 2.75) is 17.3 Å². The van der Waals surface area contributed by atoms with Crippen LogP contribution in [-0.4, -0.2) is 31.6 Å². The maximum atomic E-state index is 12.6. The molecule has 2 aromatic carbocycles. The molecule has 0 aliphatic carbocycles. The lowest BCUT2D eigenvalue weighted by Crippen LogP contribution is -2.27. The molecule has 0 saturated heterocycles. The number of ether oxygens (including phenoxy) is 1. The molecular weight excluding hydrogens is 400 g/mol. The zero-order chi connectivity index (χ0) is 20.1. The van der Waals surface area contributed by atoms with Crippen molar-refractivity contribution < 1.29 is 17.9 Å². The number of hydrogen-bond donors (Lipinski definition) is 2. The van der Waals surface area contributed by atoms with Gasteiger partial charge in [0.25, 0.3) is 15.9 Å². The highest BCUT2D eigenvalue weighted by atomic mass is 32.2. The van der Waals surface area contributed by atoms with Gasteiger partial charge in [-0.2, -0.15) is 0 Å². The van der Waals surface area contributed by atoms with Crippen molar-refractivity contribution in [3.05, 3.63) is 65.7 Å². The van der Waals surface area contributed by atoms with E-state index in [0.717, 1.165) is 11.3 Å². The molecule has 0 fully saturated rings. The summed E-state index contributed by atoms with van der Waals surface area (Å²) in [6.07, 6.45) is 0. The van der Waals surface area contributed by atoms with Gasteiger partial charge in [-0.3, -0.25) is 10.1 Å². The van der Waals surface area contributed by atoms with E-state index in [1.54, 1.807) is 61.5 Å². The highest BCUT2D eigenvalue weighted by molar-refractivity contribution is 7.91. The molecule has 10 heteroatoms. The number of nitrogens with zero attached hydrogens (tertiary/aromatic N) is 2. The molecule has 28 heavy (non-hydrogen) atoms. The van der Waals surface area contributed by atoms with Crippen LogP contribution in [0.3, 0.4) is 0 Å². The van der Waals surface area contributed by atoms with Gasteiger partial charge in [-0.25, -0.2) is 13.1 Å². The van der Waals surface area contributed by atoms with Gasteiger partial charge in [0.1, 0.15) is 5.75 Å². The van der Waals surface area contributed by atoms with Crippen LogP contribution in [0.25, 0.3) is 0 Å². The molecule has 1 heterocycles. The maximum Gasteiger partial charge on any atom is 0.270 e. The van der Waals surface area contributed by atoms with Crippen molar-refractivity contribution in [2.24, 2.45) is 0 Å². The topological polar surface area (TPSA) is 110 Å². The maximum absolute atomic E-state index is 12.6. The summed E-state index contributed by atoms with van der Waals surface area (Å²) >= 11 is 0.774. The van der Waals surface area contributed by atoms with E-state index in [0.29, 0.717) is 16.9 Å². The largest absolute Gasteiger partial charge is 0.496 e. The number of methoxy groups -OCH3 is 1. The predicted octanol–water partition coefficient (Wildman–Crippen LogP) is 2.84. The molecule has 8 nitrogen and oxygen atoms in total. The Morgan fingerprint density at radius 1 is 1.07 bits per heavy atom. The van der Waals surface area contributed by atoms with Gasteiger partial charge in [0.2, 0.25) is 9.47 Å². The molecule has 0 bridgehead atoms. The summed E-state index contributed by atoms with van der Waals surface area (Å²) in [7, 11) is -2.40. The Labute approximate surface area is 166 Å². The van der Waals surface area contributed by atoms with Crippen LogP contribution >= 0.6 is 11.3 Å². The number of hydrogen-bond acceptors (Lipinski definition) is 7. The number of amides is 1. The molecule has 1 aromatic heterocycles. The van der Waals surface area contributed by atoms with Crippen LogP contribution in [0, 0.1) is 0 Å². The summed E-state index contributed by atoms with van der Waals surface area (Å²) in [5.41, 5.74) is 1.13. The van der Waals surface area contributed by atoms with Crippen LogP contribution in [0.1, 0.15) is 28.9 Å². The Kier molecular flexibility index (Phi) is 6.02. The second-order valence-corrected chi connectivity index (χ2v) is 8.64. The van der Waals surface area contributed by atoms with Gasteiger partial charge < -0.3 is 4.74 Å². The van der Waals surface area contributed by atoms with Gasteiger partial charge in [0.05, 0.1) is 7.11 Å². The number of para-hydroxylation sites is 1. The van der Waals surface area contributed by atoms with Gasteiger partial charge in [-0.1, -0.05) is 47.7 Å². The summed E-state index contributed by atoms with van der Waals surface area (Å²) in [6, 6.07) is 15.1. The molecule has 0 aliphatic rings. The van der Waals surface area contributed by atoms with Crippen LogP contribution in [0.4, 0.5) is 5.13 Å². The molecule has 1 unspecified atom stereocenters. The first-order valence-electron chi connectivity index (χ1n) is 8.26. The first-order chi connectivity index (χ1) is 13.4. The third-order valence-electron chi connectivity index (χ3n) is 3.83. The van der Waals surface area contributed by atoms with E-state index >= 15 is 0 Å². The van der Waals surface area contributed by atoms with Crippen molar-refractivity contribution in [3.63, 3.8) is 0 Å². The predicted molar refractivity (Wildman–Crippen MR) is 106 cm³/mol. The molecule has 0 aliphatic heterocycles. The van der Waals surface area contributed by atoms with E-state index in [1.807, 2.05) is 0 Å². The van der Waals surface area contributed by atoms with E-state index in [-0.39, 0.29) is 9.47 Å². The SMILES string of the molecule is COc1ccccc1C(C)NS(=O)(=O)c1nnc(NC(=O)c2ccccc2)s1. The van der Waals surface area contributed by atoms with E-state index in [1.165, 1.54) is 7.11 Å². The number of sulfonamides is 1. The van der Waals surface area contributed by atoms with Gasteiger partial charge in [0.15, 0.2) is 0 Å². The minimum absolute atomic E-state index is 0.0965. The second kappa shape index (κ2) is 8.46. The summed E-state index contributed by atoms with van der Waals surface area (Å²) in [4.78, 5) is 12.2. The molecule has 0 saturated carbocycles. The smallest absolute Gasteiger partial charge is 0.270 e. The second-order valence-electron chi connectivity index (χ2n) is 5.78. The third-order valence-corrected chi connectivity index (χ3v) is 6.58. The molecule has 146 valence electrons. The quantitative estimate of drug-likeness (QED) is 0.571. The fourth-order valence-electron chi connectivity index (χ4n) is 2.50. The van der Waals surface area contributed by atoms with Crippen LogP contribution in [0.5, 0.6) is 5.75 Å². The van der Waals surface area contributed by atoms with Crippen LogP contribution < -0.4 is 14.8 Å². The minimum Gasteiger partial charge on any atom is -0.496 e. The molecular formula is C18H18N4O4S2. The average molecular weight is 419 g/mol. The lowest BCUT2D eigenvalue weighted by atomic mass is 10.1. The number of carbonyl (C=O) groups excluding carboxylic acids is 1. The lowest BCUT2D eigenvalue weighted by Gasteiger charge is -2.16. The van der Waals surface area contributed by atoms with Crippen LogP contribution in [-0.2, 0) is 10.0 Å². The van der Waals surface area contributed by atoms with Crippen molar-refractivity contribution >= 4 is 32.4 Å². The van der Waals surface area contributed by atoms with Gasteiger partial charge in [-0.15, -0.1) is 10.2 Å². The van der Waals surface area contributed by atoms with E-state index in [2.05, 4.69) is 20.2 Å². The molecule has 1 amide bonds. The highest BCUT2D eigenvalue weighted by Crippen LogP contribution is 2.27. The number of rotatable bonds is 7. The Morgan fingerprint density at radius 2 is 1.75 bits per heavy atom. The number of anilines is 1. The lowest BCUT2D eigenvalue weighted by molar-refractivity contribution is 0.102. The zero-order valence-corrected chi connectivity index (χ0v) is 16.8. The molecule has 3 rings (SSSR count). The monoisotopic (exact) mass is 418 g/mol. The Balaban J connectivity index is 1.73. The summed E-state index contributed by atoms with van der Waals surface area (Å²) in [6.45, 7) is 1.70. The molecule has 0 spiro atoms. The van der Waals surface area contributed by atoms with E-state index < -0.39 is 22.0 Å². The summed E-state index contributed by atoms with van der Waals surface area (Å²) in [5.74, 6) is 0.182. The minimum atomic E-state index is -3.92. The molecule has 2 N–H and O–H groups in total. The van der Waals surface area contributed by atoms with Crippen molar-refractivity contribution in [2.75, 3.05) is 12.4 Å². The summed E-state index contributed by atoms with van der Waals surface area (Å²) in [5, 5.41) is 10.1. The fraction of sp³-hybridized carbons (Fsp3) is 0.167. The summed E-state index contributed by atoms with van der Waals surface area (Å²) < 4.78 is 32.8. The number of benzene rings is 2. The Morgan fingerprint density at radius 3 is 2.46 bits per heavy atom. The first-order valence-corrected chi connectivity index (χ1v) is 10.6. The molecule has 0 radical (unpaired) electrons. The standard InChI is InChI=1S/C18H18N4O4S2/c1-12(14-10-6-7-11-15(14)26-2)22-28(24,25)18-21-20-17(27-18)19-16(23)13-8-4-3-5-9-13/h3-12,22H,1-2H3,(H,19,20,23). The van der Waals surface area contributed by atoms with Crippen LogP contribution in [0.2, 0.25) is 0 Å². The van der Waals surface area contributed by atoms with Gasteiger partial charge >= 0.3 is 0 Å². The third kappa shape index (κ3) is 4.53. The average Bonchev–Trinajstić information content (AvgIpc) is 3.17. The van der Waals surface area contributed by atoms with Crippen molar-refractivity contribution in [1.29, 1.82) is 0 Å². The van der Waals surface area contributed by atoms with Crippen molar-refractivity contribution in [3.8, 4) is 5.75 Å². The highest BCUT2D eigenvalue weighted by Gasteiger charge is 2.25. The van der Waals surface area contributed by atoms with Gasteiger partial charge in [-0.05, 0) is 25.1 Å². The normalized spacial score (nSPS) is 12.4. The number of carbonyl (C=O) groups is 1. The fourth-order valence-corrected chi connectivity index (χ4v) is 4.63. The molecule has 3 aromatic rings. The number of nitrogens with one attached hydrogen (secondary N) is 2. The van der Waals surface area contributed by atoms with Crippen LogP contribution in [0.15, 0.2) is 58.9 Å². The van der Waals surface area contributed by atoms with Gasteiger partial charge in [0, 0.05) is 17.2 Å². The molecule has 1 atom stereocenters. The Hall–Kier alpha value is -2.82. The van der Waals surface area contributed by atoms with Crippen molar-refractivity contribution in [1.82, 2.24) is 14.9 Å². The Bertz CT molecular complexity index is 1070.